The standard InChI is InChI=1S/C20H19FN4O3S/c1-29(27,28)16-6-7-18-17(12-16)19(23-13-22-18)24-8-10-25(11-9-24)20(26)14-2-4-15(21)5-3-14/h2-7,12-13H,8-11H2,1H3. The number of benzene rings is 2. The molecule has 0 aliphatic carbocycles. The second-order valence-corrected chi connectivity index (χ2v) is 8.95. The summed E-state index contributed by atoms with van der Waals surface area (Å²) in [5.41, 5.74) is 1.11. The lowest BCUT2D eigenvalue weighted by atomic mass is 10.1. The van der Waals surface area contributed by atoms with Gasteiger partial charge in [-0.25, -0.2) is 22.8 Å². The minimum Gasteiger partial charge on any atom is -0.352 e. The first kappa shape index (κ1) is 19.3. The Morgan fingerprint density at radius 1 is 1.00 bits per heavy atom. The van der Waals surface area contributed by atoms with Crippen LogP contribution in [0.15, 0.2) is 53.7 Å². The number of halogens is 1. The minimum atomic E-state index is -3.35. The van der Waals surface area contributed by atoms with Gasteiger partial charge in [0, 0.05) is 43.4 Å². The topological polar surface area (TPSA) is 83.5 Å². The highest BCUT2D eigenvalue weighted by Gasteiger charge is 2.24. The Morgan fingerprint density at radius 3 is 2.34 bits per heavy atom. The molecule has 0 radical (unpaired) electrons. The van der Waals surface area contributed by atoms with Crippen LogP contribution in [-0.4, -0.2) is 61.6 Å². The van der Waals surface area contributed by atoms with E-state index in [9.17, 15) is 17.6 Å². The van der Waals surface area contributed by atoms with Crippen molar-refractivity contribution in [1.29, 1.82) is 0 Å². The van der Waals surface area contributed by atoms with Crippen molar-refractivity contribution in [1.82, 2.24) is 14.9 Å². The van der Waals surface area contributed by atoms with Gasteiger partial charge in [-0.3, -0.25) is 4.79 Å². The van der Waals surface area contributed by atoms with E-state index in [1.807, 2.05) is 4.90 Å². The Kier molecular flexibility index (Phi) is 4.91. The highest BCUT2D eigenvalue weighted by Crippen LogP contribution is 2.26. The fraction of sp³-hybridized carbons (Fsp3) is 0.250. The van der Waals surface area contributed by atoms with Gasteiger partial charge in [-0.2, -0.15) is 0 Å². The van der Waals surface area contributed by atoms with Crippen molar-refractivity contribution in [2.45, 2.75) is 4.90 Å². The van der Waals surface area contributed by atoms with Gasteiger partial charge < -0.3 is 9.80 Å². The van der Waals surface area contributed by atoms with Gasteiger partial charge in [0.2, 0.25) is 0 Å². The molecule has 3 aromatic rings. The molecule has 1 saturated heterocycles. The third-order valence-electron chi connectivity index (χ3n) is 4.97. The number of anilines is 1. The largest absolute Gasteiger partial charge is 0.352 e. The molecule has 0 spiro atoms. The molecule has 1 aliphatic rings. The van der Waals surface area contributed by atoms with Gasteiger partial charge in [0.25, 0.3) is 5.91 Å². The molecule has 0 saturated carbocycles. The summed E-state index contributed by atoms with van der Waals surface area (Å²) < 4.78 is 36.9. The average molecular weight is 414 g/mol. The van der Waals surface area contributed by atoms with E-state index in [-0.39, 0.29) is 16.6 Å². The second kappa shape index (κ2) is 7.40. The molecular formula is C20H19FN4O3S. The zero-order chi connectivity index (χ0) is 20.6. The van der Waals surface area contributed by atoms with E-state index in [4.69, 9.17) is 0 Å². The van der Waals surface area contributed by atoms with Crippen LogP contribution in [0.4, 0.5) is 10.2 Å². The highest BCUT2D eigenvalue weighted by molar-refractivity contribution is 7.90. The zero-order valence-corrected chi connectivity index (χ0v) is 16.6. The van der Waals surface area contributed by atoms with Gasteiger partial charge in [0.1, 0.15) is 18.0 Å². The van der Waals surface area contributed by atoms with Crippen molar-refractivity contribution in [3.63, 3.8) is 0 Å². The number of fused-ring (bicyclic) bond motifs is 1. The second-order valence-electron chi connectivity index (χ2n) is 6.93. The summed E-state index contributed by atoms with van der Waals surface area (Å²) in [4.78, 5) is 25.2. The first-order valence-electron chi connectivity index (χ1n) is 9.07. The molecule has 1 fully saturated rings. The fourth-order valence-electron chi connectivity index (χ4n) is 3.40. The van der Waals surface area contributed by atoms with Crippen molar-refractivity contribution in [3.8, 4) is 0 Å². The lowest BCUT2D eigenvalue weighted by Gasteiger charge is -2.35. The van der Waals surface area contributed by atoms with E-state index in [1.165, 1.54) is 36.7 Å². The number of amides is 1. The maximum atomic E-state index is 13.1. The summed E-state index contributed by atoms with van der Waals surface area (Å²) in [6.07, 6.45) is 2.62. The molecule has 150 valence electrons. The zero-order valence-electron chi connectivity index (χ0n) is 15.7. The van der Waals surface area contributed by atoms with Crippen molar-refractivity contribution in [2.75, 3.05) is 37.3 Å². The van der Waals surface area contributed by atoms with E-state index in [0.717, 1.165) is 6.26 Å². The van der Waals surface area contributed by atoms with E-state index < -0.39 is 9.84 Å². The fourth-order valence-corrected chi connectivity index (χ4v) is 4.05. The predicted octanol–water partition coefficient (Wildman–Crippen LogP) is 2.13. The third-order valence-corrected chi connectivity index (χ3v) is 6.08. The summed E-state index contributed by atoms with van der Waals surface area (Å²) in [5, 5.41) is 0.661. The molecule has 2 aromatic carbocycles. The molecule has 1 aromatic heterocycles. The molecule has 2 heterocycles. The quantitative estimate of drug-likeness (QED) is 0.653. The van der Waals surface area contributed by atoms with E-state index in [2.05, 4.69) is 9.97 Å². The van der Waals surface area contributed by atoms with Crippen molar-refractivity contribution >= 4 is 32.5 Å². The van der Waals surface area contributed by atoms with Crippen LogP contribution in [-0.2, 0) is 9.84 Å². The summed E-state index contributed by atoms with van der Waals surface area (Å²) in [7, 11) is -3.35. The van der Waals surface area contributed by atoms with Crippen LogP contribution in [0.2, 0.25) is 0 Å². The molecule has 29 heavy (non-hydrogen) atoms. The molecule has 0 atom stereocenters. The molecule has 0 bridgehead atoms. The smallest absolute Gasteiger partial charge is 0.253 e. The van der Waals surface area contributed by atoms with Crippen molar-refractivity contribution in [2.24, 2.45) is 0 Å². The minimum absolute atomic E-state index is 0.142. The molecule has 1 amide bonds. The van der Waals surface area contributed by atoms with Gasteiger partial charge in [-0.1, -0.05) is 0 Å². The van der Waals surface area contributed by atoms with E-state index in [1.54, 1.807) is 17.0 Å². The van der Waals surface area contributed by atoms with E-state index in [0.29, 0.717) is 48.5 Å². The maximum Gasteiger partial charge on any atom is 0.253 e. The Bertz CT molecular complexity index is 1170. The summed E-state index contributed by atoms with van der Waals surface area (Å²) in [5.74, 6) is 0.126. The van der Waals surface area contributed by atoms with Crippen LogP contribution in [0, 0.1) is 5.82 Å². The van der Waals surface area contributed by atoms with Gasteiger partial charge in [-0.15, -0.1) is 0 Å². The summed E-state index contributed by atoms with van der Waals surface area (Å²) in [6, 6.07) is 10.3. The first-order valence-corrected chi connectivity index (χ1v) is 11.0. The van der Waals surface area contributed by atoms with Crippen LogP contribution in [0.25, 0.3) is 10.9 Å². The Hall–Kier alpha value is -3.07. The first-order chi connectivity index (χ1) is 13.8. The summed E-state index contributed by atoms with van der Waals surface area (Å²) in [6.45, 7) is 2.05. The number of piperazine rings is 1. The molecule has 0 unspecified atom stereocenters. The number of hydrogen-bond donors (Lipinski definition) is 0. The number of hydrogen-bond acceptors (Lipinski definition) is 6. The number of nitrogens with zero attached hydrogens (tertiary/aromatic N) is 4. The van der Waals surface area contributed by atoms with Crippen molar-refractivity contribution < 1.29 is 17.6 Å². The monoisotopic (exact) mass is 414 g/mol. The number of carbonyl (C=O) groups excluding carboxylic acids is 1. The van der Waals surface area contributed by atoms with Crippen LogP contribution < -0.4 is 4.90 Å². The van der Waals surface area contributed by atoms with Crippen LogP contribution in [0.5, 0.6) is 0 Å². The van der Waals surface area contributed by atoms with Gasteiger partial charge in [0.05, 0.1) is 10.4 Å². The molecule has 7 nitrogen and oxygen atoms in total. The number of sulfone groups is 1. The number of aromatic nitrogens is 2. The Labute approximate surface area is 167 Å². The predicted molar refractivity (Wildman–Crippen MR) is 107 cm³/mol. The normalized spacial score (nSPS) is 15.0. The lowest BCUT2D eigenvalue weighted by molar-refractivity contribution is 0.0746. The van der Waals surface area contributed by atoms with Gasteiger partial charge >= 0.3 is 0 Å². The molecule has 4 rings (SSSR count). The third kappa shape index (κ3) is 3.91. The highest BCUT2D eigenvalue weighted by atomic mass is 32.2. The van der Waals surface area contributed by atoms with Crippen LogP contribution in [0.1, 0.15) is 10.4 Å². The molecular weight excluding hydrogens is 395 g/mol. The molecule has 9 heteroatoms. The molecule has 0 N–H and O–H groups in total. The number of carbonyl (C=O) groups is 1. The van der Waals surface area contributed by atoms with E-state index >= 15 is 0 Å². The summed E-state index contributed by atoms with van der Waals surface area (Å²) >= 11 is 0. The van der Waals surface area contributed by atoms with Crippen LogP contribution in [0.3, 0.4) is 0 Å². The maximum absolute atomic E-state index is 13.1. The lowest BCUT2D eigenvalue weighted by Crippen LogP contribution is -2.49. The Balaban J connectivity index is 1.56. The van der Waals surface area contributed by atoms with Gasteiger partial charge in [0.15, 0.2) is 9.84 Å². The Morgan fingerprint density at radius 2 is 1.69 bits per heavy atom. The van der Waals surface area contributed by atoms with Crippen LogP contribution >= 0.6 is 0 Å². The van der Waals surface area contributed by atoms with Gasteiger partial charge in [-0.05, 0) is 42.5 Å². The average Bonchev–Trinajstić information content (AvgIpc) is 2.72. The molecule has 1 aliphatic heterocycles. The van der Waals surface area contributed by atoms with Crippen molar-refractivity contribution in [3.05, 3.63) is 60.2 Å². The number of rotatable bonds is 3. The SMILES string of the molecule is CS(=O)(=O)c1ccc2ncnc(N3CCN(C(=O)c4ccc(F)cc4)CC3)c2c1.